The molecule has 1 aliphatic heterocycles. The number of carbonyl (C=O) groups is 2. The van der Waals surface area contributed by atoms with Gasteiger partial charge in [0.25, 0.3) is 5.91 Å². The Hall–Kier alpha value is -3.35. The minimum absolute atomic E-state index is 0.113. The van der Waals surface area contributed by atoms with E-state index in [2.05, 4.69) is 9.97 Å². The maximum atomic E-state index is 13.5. The molecule has 0 aliphatic carbocycles. The molecule has 31 heavy (non-hydrogen) atoms. The van der Waals surface area contributed by atoms with Crippen molar-refractivity contribution in [1.82, 2.24) is 14.9 Å². The predicted molar refractivity (Wildman–Crippen MR) is 118 cm³/mol. The van der Waals surface area contributed by atoms with Crippen molar-refractivity contribution in [3.8, 4) is 0 Å². The zero-order valence-electron chi connectivity index (χ0n) is 18.0. The lowest BCUT2D eigenvalue weighted by atomic mass is 9.98. The van der Waals surface area contributed by atoms with E-state index in [0.717, 1.165) is 34.0 Å². The standard InChI is InChI=1S/C24H26FN3O3/c1-4-5-18-21(24(30)31-3)14(2)27-22(18)23(29)28-10-8-15(9-11-28)19-13-26-20-12-16(25)6-7-17(19)20/h6-8,12-13,26-27H,4-5,9-11H2,1-3H3. The van der Waals surface area contributed by atoms with Crippen molar-refractivity contribution in [3.63, 3.8) is 0 Å². The van der Waals surface area contributed by atoms with Gasteiger partial charge in [-0.15, -0.1) is 0 Å². The number of benzene rings is 1. The second-order valence-electron chi connectivity index (χ2n) is 7.84. The number of hydrogen-bond acceptors (Lipinski definition) is 3. The third-order valence-electron chi connectivity index (χ3n) is 5.88. The molecule has 2 N–H and O–H groups in total. The number of aromatic nitrogens is 2. The second-order valence-corrected chi connectivity index (χ2v) is 7.84. The molecule has 6 nitrogen and oxygen atoms in total. The maximum absolute atomic E-state index is 13.5. The average molecular weight is 423 g/mol. The monoisotopic (exact) mass is 423 g/mol. The van der Waals surface area contributed by atoms with E-state index in [0.29, 0.717) is 42.9 Å². The third kappa shape index (κ3) is 3.76. The first-order valence-electron chi connectivity index (χ1n) is 10.5. The van der Waals surface area contributed by atoms with Gasteiger partial charge in [0.1, 0.15) is 11.5 Å². The van der Waals surface area contributed by atoms with Gasteiger partial charge in [-0.3, -0.25) is 4.79 Å². The van der Waals surface area contributed by atoms with Gasteiger partial charge in [0.15, 0.2) is 0 Å². The lowest BCUT2D eigenvalue weighted by Crippen LogP contribution is -2.35. The number of H-pyrrole nitrogens is 2. The first kappa shape index (κ1) is 20.9. The van der Waals surface area contributed by atoms with E-state index < -0.39 is 5.97 Å². The average Bonchev–Trinajstić information content (AvgIpc) is 3.33. The quantitative estimate of drug-likeness (QED) is 0.588. The van der Waals surface area contributed by atoms with Gasteiger partial charge in [-0.1, -0.05) is 19.4 Å². The van der Waals surface area contributed by atoms with E-state index >= 15 is 0 Å². The Kier molecular flexibility index (Phi) is 5.67. The number of ether oxygens (including phenoxy) is 1. The van der Waals surface area contributed by atoms with Crippen molar-refractivity contribution in [3.05, 3.63) is 64.4 Å². The van der Waals surface area contributed by atoms with Crippen molar-refractivity contribution >= 4 is 28.4 Å². The van der Waals surface area contributed by atoms with E-state index in [1.165, 1.54) is 19.2 Å². The first-order valence-corrected chi connectivity index (χ1v) is 10.5. The topological polar surface area (TPSA) is 78.2 Å². The molecular formula is C24H26FN3O3. The van der Waals surface area contributed by atoms with Gasteiger partial charge in [-0.05, 0) is 49.1 Å². The second kappa shape index (κ2) is 8.41. The number of aryl methyl sites for hydroxylation is 1. The molecule has 0 atom stereocenters. The van der Waals surface area contributed by atoms with Gasteiger partial charge in [-0.2, -0.15) is 0 Å². The highest BCUT2D eigenvalue weighted by molar-refractivity contribution is 6.01. The molecule has 3 heterocycles. The van der Waals surface area contributed by atoms with Crippen LogP contribution in [0.15, 0.2) is 30.5 Å². The maximum Gasteiger partial charge on any atom is 0.339 e. The van der Waals surface area contributed by atoms with Crippen LogP contribution in [0, 0.1) is 12.7 Å². The Morgan fingerprint density at radius 2 is 2.10 bits per heavy atom. The Bertz CT molecular complexity index is 1190. The molecule has 3 aromatic rings. The molecule has 0 fully saturated rings. The number of esters is 1. The molecule has 0 radical (unpaired) electrons. The van der Waals surface area contributed by atoms with E-state index in [4.69, 9.17) is 4.74 Å². The normalized spacial score (nSPS) is 14.1. The summed E-state index contributed by atoms with van der Waals surface area (Å²) in [6.07, 6.45) is 6.07. The van der Waals surface area contributed by atoms with Gasteiger partial charge in [0.2, 0.25) is 0 Å². The molecule has 0 spiro atoms. The van der Waals surface area contributed by atoms with Crippen molar-refractivity contribution < 1.29 is 18.7 Å². The lowest BCUT2D eigenvalue weighted by Gasteiger charge is -2.26. The Labute approximate surface area is 180 Å². The van der Waals surface area contributed by atoms with Crippen LogP contribution in [0.25, 0.3) is 16.5 Å². The van der Waals surface area contributed by atoms with Crippen LogP contribution < -0.4 is 0 Å². The Morgan fingerprint density at radius 1 is 1.29 bits per heavy atom. The molecular weight excluding hydrogens is 397 g/mol. The third-order valence-corrected chi connectivity index (χ3v) is 5.88. The Balaban J connectivity index is 1.59. The fraction of sp³-hybridized carbons (Fsp3) is 0.333. The van der Waals surface area contributed by atoms with Crippen molar-refractivity contribution in [2.24, 2.45) is 0 Å². The van der Waals surface area contributed by atoms with Crippen LogP contribution in [0.2, 0.25) is 0 Å². The number of nitrogens with one attached hydrogen (secondary N) is 2. The van der Waals surface area contributed by atoms with Crippen molar-refractivity contribution in [2.75, 3.05) is 20.2 Å². The Morgan fingerprint density at radius 3 is 2.77 bits per heavy atom. The largest absolute Gasteiger partial charge is 0.465 e. The summed E-state index contributed by atoms with van der Waals surface area (Å²) in [4.78, 5) is 33.6. The number of rotatable bonds is 5. The highest BCUT2D eigenvalue weighted by Gasteiger charge is 2.28. The zero-order chi connectivity index (χ0) is 22.1. The summed E-state index contributed by atoms with van der Waals surface area (Å²) in [6, 6.07) is 4.72. The number of fused-ring (bicyclic) bond motifs is 1. The molecule has 4 rings (SSSR count). The predicted octanol–water partition coefficient (Wildman–Crippen LogP) is 4.61. The highest BCUT2D eigenvalue weighted by atomic mass is 19.1. The van der Waals surface area contributed by atoms with Crippen LogP contribution in [0.5, 0.6) is 0 Å². The summed E-state index contributed by atoms with van der Waals surface area (Å²) in [5, 5.41) is 0.973. The number of aromatic amines is 2. The molecule has 0 saturated carbocycles. The summed E-state index contributed by atoms with van der Waals surface area (Å²) in [5.74, 6) is -0.809. The van der Waals surface area contributed by atoms with Crippen LogP contribution in [0.3, 0.4) is 0 Å². The van der Waals surface area contributed by atoms with Crippen molar-refractivity contribution in [1.29, 1.82) is 0 Å². The van der Waals surface area contributed by atoms with Crippen LogP contribution >= 0.6 is 0 Å². The first-order chi connectivity index (χ1) is 14.9. The molecule has 0 unspecified atom stereocenters. The lowest BCUT2D eigenvalue weighted by molar-refractivity contribution is 0.0599. The molecule has 0 saturated heterocycles. The number of carbonyl (C=O) groups excluding carboxylic acids is 2. The number of nitrogens with zero attached hydrogens (tertiary/aromatic N) is 1. The number of methoxy groups -OCH3 is 1. The van der Waals surface area contributed by atoms with E-state index in [1.807, 2.05) is 19.2 Å². The summed E-state index contributed by atoms with van der Waals surface area (Å²) in [5.41, 5.74) is 5.25. The fourth-order valence-electron chi connectivity index (χ4n) is 4.36. The molecule has 7 heteroatoms. The minimum Gasteiger partial charge on any atom is -0.465 e. The number of amides is 1. The molecule has 1 amide bonds. The van der Waals surface area contributed by atoms with E-state index in [9.17, 15) is 14.0 Å². The SMILES string of the molecule is CCCc1c(C(=O)N2CC=C(c3c[nH]c4cc(F)ccc34)CC2)[nH]c(C)c1C(=O)OC. The number of hydrogen-bond donors (Lipinski definition) is 2. The van der Waals surface area contributed by atoms with Crippen LogP contribution in [0.4, 0.5) is 4.39 Å². The summed E-state index contributed by atoms with van der Waals surface area (Å²) in [7, 11) is 1.35. The van der Waals surface area contributed by atoms with E-state index in [1.54, 1.807) is 17.9 Å². The molecule has 162 valence electrons. The molecule has 2 aromatic heterocycles. The minimum atomic E-state index is -0.423. The number of halogens is 1. The van der Waals surface area contributed by atoms with Crippen LogP contribution in [-0.2, 0) is 11.2 Å². The molecule has 1 aromatic carbocycles. The molecule has 1 aliphatic rings. The van der Waals surface area contributed by atoms with Gasteiger partial charge < -0.3 is 19.6 Å². The highest BCUT2D eigenvalue weighted by Crippen LogP contribution is 2.30. The summed E-state index contributed by atoms with van der Waals surface area (Å²) >= 11 is 0. The van der Waals surface area contributed by atoms with Gasteiger partial charge in [-0.25, -0.2) is 9.18 Å². The summed E-state index contributed by atoms with van der Waals surface area (Å²) < 4.78 is 18.4. The summed E-state index contributed by atoms with van der Waals surface area (Å²) in [6.45, 7) is 4.84. The van der Waals surface area contributed by atoms with Gasteiger partial charge >= 0.3 is 5.97 Å². The van der Waals surface area contributed by atoms with Gasteiger partial charge in [0.05, 0.1) is 12.7 Å². The fourth-order valence-corrected chi connectivity index (χ4v) is 4.36. The smallest absolute Gasteiger partial charge is 0.339 e. The van der Waals surface area contributed by atoms with E-state index in [-0.39, 0.29) is 11.7 Å². The molecule has 0 bridgehead atoms. The zero-order valence-corrected chi connectivity index (χ0v) is 18.0. The van der Waals surface area contributed by atoms with Crippen molar-refractivity contribution in [2.45, 2.75) is 33.1 Å². The van der Waals surface area contributed by atoms with Gasteiger partial charge in [0, 0.05) is 41.4 Å². The van der Waals surface area contributed by atoms with Crippen LogP contribution in [0.1, 0.15) is 57.4 Å². The van der Waals surface area contributed by atoms with Crippen LogP contribution in [-0.4, -0.2) is 46.9 Å².